The number of ether oxygens (including phenoxy) is 1. The summed E-state index contributed by atoms with van der Waals surface area (Å²) in [7, 11) is 0. The molecule has 0 atom stereocenters. The Morgan fingerprint density at radius 2 is 1.68 bits per heavy atom. The molecule has 0 saturated heterocycles. The van der Waals surface area contributed by atoms with E-state index in [4.69, 9.17) is 9.84 Å². The number of benzene rings is 3. The van der Waals surface area contributed by atoms with Crippen LogP contribution in [0.2, 0.25) is 0 Å². The van der Waals surface area contributed by atoms with E-state index in [0.717, 1.165) is 22.5 Å². The van der Waals surface area contributed by atoms with Crippen molar-refractivity contribution in [3.05, 3.63) is 84.9 Å². The lowest BCUT2D eigenvalue weighted by molar-refractivity contribution is -0.117. The topological polar surface area (TPSA) is 64.3 Å². The molecule has 0 aliphatic rings. The van der Waals surface area contributed by atoms with Crippen LogP contribution in [0.5, 0.6) is 11.5 Å². The van der Waals surface area contributed by atoms with Crippen molar-refractivity contribution < 1.29 is 14.6 Å². The molecular formula is C26H24N2O3. The van der Waals surface area contributed by atoms with Gasteiger partial charge in [-0.1, -0.05) is 54.6 Å². The third-order valence-electron chi connectivity index (χ3n) is 4.98. The number of phenols is 1. The van der Waals surface area contributed by atoms with Crippen molar-refractivity contribution >= 4 is 5.78 Å². The number of Topliss-reactive ketones (excluding diaryl/α,β-unsaturated/α-hetero) is 1. The largest absolute Gasteiger partial charge is 0.506 e. The number of nitrogens with zero attached hydrogens (tertiary/aromatic N) is 2. The van der Waals surface area contributed by atoms with Crippen LogP contribution < -0.4 is 4.74 Å². The molecule has 4 aromatic rings. The van der Waals surface area contributed by atoms with E-state index in [1.807, 2.05) is 72.8 Å². The van der Waals surface area contributed by atoms with E-state index in [1.54, 1.807) is 23.7 Å². The Bertz CT molecular complexity index is 1180. The molecule has 3 aromatic carbocycles. The minimum Gasteiger partial charge on any atom is -0.506 e. The zero-order valence-electron chi connectivity index (χ0n) is 17.4. The Hall–Kier alpha value is -3.86. The molecule has 5 nitrogen and oxygen atoms in total. The summed E-state index contributed by atoms with van der Waals surface area (Å²) in [5.74, 6) is 1.03. The molecule has 0 aliphatic carbocycles. The molecule has 0 fully saturated rings. The van der Waals surface area contributed by atoms with Gasteiger partial charge >= 0.3 is 0 Å². The highest BCUT2D eigenvalue weighted by molar-refractivity contribution is 5.75. The fourth-order valence-electron chi connectivity index (χ4n) is 3.46. The Morgan fingerprint density at radius 3 is 2.45 bits per heavy atom. The number of hydrogen-bond donors (Lipinski definition) is 1. The highest BCUT2D eigenvalue weighted by Gasteiger charge is 2.17. The number of phenolic OH excluding ortho intramolecular Hbond substituents is 1. The van der Waals surface area contributed by atoms with Crippen molar-refractivity contribution in [2.45, 2.75) is 19.8 Å². The normalized spacial score (nSPS) is 10.7. The summed E-state index contributed by atoms with van der Waals surface area (Å²) in [6, 6.07) is 26.8. The van der Waals surface area contributed by atoms with Crippen molar-refractivity contribution in [1.82, 2.24) is 9.78 Å². The van der Waals surface area contributed by atoms with Gasteiger partial charge in [0, 0.05) is 17.5 Å². The molecular weight excluding hydrogens is 388 g/mol. The quantitative estimate of drug-likeness (QED) is 0.379. The third kappa shape index (κ3) is 4.67. The summed E-state index contributed by atoms with van der Waals surface area (Å²) in [4.78, 5) is 11.2. The standard InChI is InChI=1S/C26H24N2O3/c1-19(29)10-9-17-31-26-16-8-5-13-21(26)22-18-24(20-11-3-2-4-12-20)28(27-22)23-14-6-7-15-25(23)30/h2-8,11-16,18,30H,9-10,17H2,1H3. The number of hydrogen-bond acceptors (Lipinski definition) is 4. The molecule has 156 valence electrons. The molecule has 0 bridgehead atoms. The molecule has 1 aromatic heterocycles. The van der Waals surface area contributed by atoms with Gasteiger partial charge in [0.05, 0.1) is 18.0 Å². The monoisotopic (exact) mass is 412 g/mol. The first-order chi connectivity index (χ1) is 15.1. The molecule has 31 heavy (non-hydrogen) atoms. The van der Waals surface area contributed by atoms with Crippen LogP contribution in [-0.4, -0.2) is 27.3 Å². The van der Waals surface area contributed by atoms with E-state index in [0.29, 0.717) is 30.9 Å². The van der Waals surface area contributed by atoms with E-state index in [1.165, 1.54) is 0 Å². The number of carbonyl (C=O) groups excluding carboxylic acids is 1. The van der Waals surface area contributed by atoms with Crippen LogP contribution in [0.4, 0.5) is 0 Å². The number of para-hydroxylation sites is 3. The van der Waals surface area contributed by atoms with Gasteiger partial charge in [-0.3, -0.25) is 0 Å². The number of ketones is 1. The Kier molecular flexibility index (Phi) is 6.13. The maximum Gasteiger partial charge on any atom is 0.141 e. The number of carbonyl (C=O) groups is 1. The van der Waals surface area contributed by atoms with E-state index in [9.17, 15) is 9.90 Å². The van der Waals surface area contributed by atoms with Gasteiger partial charge in [-0.15, -0.1) is 0 Å². The van der Waals surface area contributed by atoms with Crippen LogP contribution in [0, 0.1) is 0 Å². The predicted molar refractivity (Wildman–Crippen MR) is 122 cm³/mol. The lowest BCUT2D eigenvalue weighted by Crippen LogP contribution is -2.02. The van der Waals surface area contributed by atoms with Crippen LogP contribution >= 0.6 is 0 Å². The third-order valence-corrected chi connectivity index (χ3v) is 4.98. The lowest BCUT2D eigenvalue weighted by Gasteiger charge is -2.10. The van der Waals surface area contributed by atoms with Crippen molar-refractivity contribution in [3.8, 4) is 39.7 Å². The Balaban J connectivity index is 1.75. The summed E-state index contributed by atoms with van der Waals surface area (Å²) in [6.45, 7) is 2.05. The van der Waals surface area contributed by atoms with E-state index < -0.39 is 0 Å². The average molecular weight is 412 g/mol. The van der Waals surface area contributed by atoms with Gasteiger partial charge in [-0.05, 0) is 43.7 Å². The van der Waals surface area contributed by atoms with Gasteiger partial charge in [-0.25, -0.2) is 4.68 Å². The van der Waals surface area contributed by atoms with Crippen molar-refractivity contribution in [2.75, 3.05) is 6.61 Å². The highest BCUT2D eigenvalue weighted by Crippen LogP contribution is 2.35. The first kappa shape index (κ1) is 20.4. The minimum atomic E-state index is 0.156. The smallest absolute Gasteiger partial charge is 0.141 e. The van der Waals surface area contributed by atoms with Crippen molar-refractivity contribution in [2.24, 2.45) is 0 Å². The second-order valence-corrected chi connectivity index (χ2v) is 7.33. The van der Waals surface area contributed by atoms with E-state index >= 15 is 0 Å². The number of rotatable bonds is 8. The average Bonchev–Trinajstić information content (AvgIpc) is 3.23. The van der Waals surface area contributed by atoms with Crippen LogP contribution in [-0.2, 0) is 4.79 Å². The zero-order chi connectivity index (χ0) is 21.6. The summed E-state index contributed by atoms with van der Waals surface area (Å²) >= 11 is 0. The minimum absolute atomic E-state index is 0.156. The maximum atomic E-state index is 11.2. The van der Waals surface area contributed by atoms with Gasteiger partial charge in [0.15, 0.2) is 0 Å². The van der Waals surface area contributed by atoms with Gasteiger partial charge in [-0.2, -0.15) is 5.10 Å². The van der Waals surface area contributed by atoms with Gasteiger partial charge in [0.1, 0.15) is 23.0 Å². The summed E-state index contributed by atoms with van der Waals surface area (Å²) in [5.41, 5.74) is 4.06. The predicted octanol–water partition coefficient (Wildman–Crippen LogP) is 5.66. The summed E-state index contributed by atoms with van der Waals surface area (Å²) in [5, 5.41) is 15.3. The maximum absolute atomic E-state index is 11.2. The van der Waals surface area contributed by atoms with Crippen LogP contribution in [0.3, 0.4) is 0 Å². The first-order valence-electron chi connectivity index (χ1n) is 10.3. The molecule has 1 heterocycles. The Labute approximate surface area is 181 Å². The second kappa shape index (κ2) is 9.30. The van der Waals surface area contributed by atoms with Crippen molar-refractivity contribution in [3.63, 3.8) is 0 Å². The van der Waals surface area contributed by atoms with Crippen LogP contribution in [0.15, 0.2) is 84.9 Å². The van der Waals surface area contributed by atoms with E-state index in [-0.39, 0.29) is 11.5 Å². The van der Waals surface area contributed by atoms with Gasteiger partial charge in [0.2, 0.25) is 0 Å². The molecule has 1 N–H and O–H groups in total. The summed E-state index contributed by atoms with van der Waals surface area (Å²) < 4.78 is 7.73. The fraction of sp³-hybridized carbons (Fsp3) is 0.154. The molecule has 4 rings (SSSR count). The highest BCUT2D eigenvalue weighted by atomic mass is 16.5. The zero-order valence-corrected chi connectivity index (χ0v) is 17.4. The molecule has 0 unspecified atom stereocenters. The molecule has 0 saturated carbocycles. The summed E-state index contributed by atoms with van der Waals surface area (Å²) in [6.07, 6.45) is 1.17. The van der Waals surface area contributed by atoms with Gasteiger partial charge in [0.25, 0.3) is 0 Å². The Morgan fingerprint density at radius 1 is 0.968 bits per heavy atom. The van der Waals surface area contributed by atoms with Crippen molar-refractivity contribution in [1.29, 1.82) is 0 Å². The number of aromatic nitrogens is 2. The first-order valence-corrected chi connectivity index (χ1v) is 10.3. The molecule has 0 radical (unpaired) electrons. The van der Waals surface area contributed by atoms with Crippen LogP contribution in [0.25, 0.3) is 28.2 Å². The lowest BCUT2D eigenvalue weighted by atomic mass is 10.1. The second-order valence-electron chi connectivity index (χ2n) is 7.33. The molecule has 0 aliphatic heterocycles. The van der Waals surface area contributed by atoms with Crippen LogP contribution in [0.1, 0.15) is 19.8 Å². The fourth-order valence-corrected chi connectivity index (χ4v) is 3.46. The molecule has 0 spiro atoms. The number of aromatic hydroxyl groups is 1. The molecule has 0 amide bonds. The van der Waals surface area contributed by atoms with Gasteiger partial charge < -0.3 is 14.6 Å². The van der Waals surface area contributed by atoms with E-state index in [2.05, 4.69) is 0 Å². The SMILES string of the molecule is CC(=O)CCCOc1ccccc1-c1cc(-c2ccccc2)n(-c2ccccc2O)n1. The molecule has 5 heteroatoms.